The molecular formula is C18H25NO3S. The molecule has 0 aromatic heterocycles. The largest absolute Gasteiger partial charge is 0.486 e. The van der Waals surface area contributed by atoms with E-state index in [2.05, 4.69) is 18.3 Å². The first-order valence-corrected chi connectivity index (χ1v) is 9.24. The molecule has 0 aliphatic carbocycles. The van der Waals surface area contributed by atoms with Gasteiger partial charge in [0.1, 0.15) is 13.2 Å². The number of thioether (sulfide) groups is 1. The predicted octanol–water partition coefficient (Wildman–Crippen LogP) is 4.57. The molecule has 4 nitrogen and oxygen atoms in total. The molecular weight excluding hydrogens is 310 g/mol. The molecule has 0 spiro atoms. The van der Waals surface area contributed by atoms with Gasteiger partial charge in [0.2, 0.25) is 5.91 Å². The van der Waals surface area contributed by atoms with Crippen molar-refractivity contribution in [1.29, 1.82) is 0 Å². The zero-order valence-corrected chi connectivity index (χ0v) is 15.1. The number of allylic oxidation sites excluding steroid dienone is 2. The Hall–Kier alpha value is -1.62. The van der Waals surface area contributed by atoms with Gasteiger partial charge in [0.15, 0.2) is 11.5 Å². The summed E-state index contributed by atoms with van der Waals surface area (Å²) in [4.78, 5) is 13.3. The molecule has 1 aromatic carbocycles. The Morgan fingerprint density at radius 3 is 2.57 bits per heavy atom. The second-order valence-electron chi connectivity index (χ2n) is 5.01. The first kappa shape index (κ1) is 17.7. The molecule has 0 saturated carbocycles. The van der Waals surface area contributed by atoms with E-state index in [9.17, 15) is 4.79 Å². The third-order valence-electron chi connectivity index (χ3n) is 3.69. The van der Waals surface area contributed by atoms with E-state index in [1.54, 1.807) is 11.8 Å². The van der Waals surface area contributed by atoms with Crippen molar-refractivity contribution in [3.63, 3.8) is 0 Å². The van der Waals surface area contributed by atoms with Crippen LogP contribution in [0.4, 0.5) is 5.69 Å². The van der Waals surface area contributed by atoms with Gasteiger partial charge in [-0.25, -0.2) is 0 Å². The number of carbonyl (C=O) groups is 1. The summed E-state index contributed by atoms with van der Waals surface area (Å²) < 4.78 is 11.3. The van der Waals surface area contributed by atoms with Crippen molar-refractivity contribution in [2.45, 2.75) is 40.0 Å². The first-order valence-electron chi connectivity index (χ1n) is 8.25. The molecule has 0 fully saturated rings. The Kier molecular flexibility index (Phi) is 6.39. The molecule has 2 aliphatic rings. The summed E-state index contributed by atoms with van der Waals surface area (Å²) in [5.41, 5.74) is 1.96. The number of nitrogens with one attached hydrogen (secondary N) is 1. The SMILES string of the molecule is C/C=C(\SCC)C1CC(=O)Nc2cc3c(cc21)OCCO3.CC. The molecule has 0 bridgehead atoms. The van der Waals surface area contributed by atoms with Gasteiger partial charge in [-0.05, 0) is 29.2 Å². The number of ether oxygens (including phenoxy) is 2. The molecule has 1 atom stereocenters. The number of hydrogen-bond donors (Lipinski definition) is 1. The van der Waals surface area contributed by atoms with Crippen LogP contribution in [-0.4, -0.2) is 24.9 Å². The lowest BCUT2D eigenvalue weighted by atomic mass is 9.89. The molecule has 1 N–H and O–H groups in total. The van der Waals surface area contributed by atoms with E-state index in [1.165, 1.54) is 4.91 Å². The molecule has 3 rings (SSSR count). The summed E-state index contributed by atoms with van der Waals surface area (Å²) in [6.07, 6.45) is 2.59. The highest BCUT2D eigenvalue weighted by atomic mass is 32.2. The van der Waals surface area contributed by atoms with Gasteiger partial charge in [0.05, 0.1) is 0 Å². The molecule has 2 heterocycles. The van der Waals surface area contributed by atoms with Gasteiger partial charge < -0.3 is 14.8 Å². The smallest absolute Gasteiger partial charge is 0.225 e. The van der Waals surface area contributed by atoms with E-state index in [4.69, 9.17) is 9.47 Å². The molecule has 1 unspecified atom stereocenters. The van der Waals surface area contributed by atoms with Crippen LogP contribution in [0, 0.1) is 0 Å². The summed E-state index contributed by atoms with van der Waals surface area (Å²) >= 11 is 1.79. The molecule has 0 radical (unpaired) electrons. The van der Waals surface area contributed by atoms with Crippen LogP contribution in [0.1, 0.15) is 45.6 Å². The Morgan fingerprint density at radius 1 is 1.30 bits per heavy atom. The average Bonchev–Trinajstić information content (AvgIpc) is 2.59. The third-order valence-corrected chi connectivity index (χ3v) is 4.83. The predicted molar refractivity (Wildman–Crippen MR) is 96.7 cm³/mol. The number of anilines is 1. The van der Waals surface area contributed by atoms with Crippen LogP contribution < -0.4 is 14.8 Å². The first-order chi connectivity index (χ1) is 11.2. The normalized spacial score (nSPS) is 19.2. The number of hydrogen-bond acceptors (Lipinski definition) is 4. The van der Waals surface area contributed by atoms with E-state index < -0.39 is 0 Å². The van der Waals surface area contributed by atoms with E-state index >= 15 is 0 Å². The molecule has 5 heteroatoms. The van der Waals surface area contributed by atoms with Crippen molar-refractivity contribution in [2.75, 3.05) is 24.3 Å². The van der Waals surface area contributed by atoms with Crippen LogP contribution in [0.5, 0.6) is 11.5 Å². The zero-order valence-electron chi connectivity index (χ0n) is 14.3. The van der Waals surface area contributed by atoms with Gasteiger partial charge in [-0.3, -0.25) is 4.79 Å². The van der Waals surface area contributed by atoms with Gasteiger partial charge in [0, 0.05) is 24.1 Å². The molecule has 2 aliphatic heterocycles. The fraction of sp³-hybridized carbons (Fsp3) is 0.500. The highest BCUT2D eigenvalue weighted by Gasteiger charge is 2.30. The third kappa shape index (κ3) is 3.83. The van der Waals surface area contributed by atoms with E-state index in [0.717, 1.165) is 22.8 Å². The Morgan fingerprint density at radius 2 is 1.96 bits per heavy atom. The summed E-state index contributed by atoms with van der Waals surface area (Å²) in [6.45, 7) is 9.28. The monoisotopic (exact) mass is 335 g/mol. The topological polar surface area (TPSA) is 47.6 Å². The van der Waals surface area contributed by atoms with Gasteiger partial charge in [-0.15, -0.1) is 11.8 Å². The van der Waals surface area contributed by atoms with Crippen LogP contribution in [0.25, 0.3) is 0 Å². The van der Waals surface area contributed by atoms with E-state index in [-0.39, 0.29) is 11.8 Å². The van der Waals surface area contributed by atoms with Crippen LogP contribution in [0.15, 0.2) is 23.1 Å². The minimum atomic E-state index is 0.0558. The summed E-state index contributed by atoms with van der Waals surface area (Å²) in [6, 6.07) is 3.91. The number of carbonyl (C=O) groups excluding carboxylic acids is 1. The average molecular weight is 335 g/mol. The van der Waals surface area contributed by atoms with Gasteiger partial charge in [-0.1, -0.05) is 26.8 Å². The maximum atomic E-state index is 12.0. The standard InChI is InChI=1S/C16H19NO3S.C2H6/c1-3-15(21-4-2)11-8-16(18)17-12-9-14-13(7-10(11)12)19-5-6-20-14;1-2/h3,7,9,11H,4-6,8H2,1-2H3,(H,17,18);1-2H3/b15-3-;. The highest BCUT2D eigenvalue weighted by molar-refractivity contribution is 8.03. The molecule has 0 saturated heterocycles. The van der Waals surface area contributed by atoms with Crippen LogP contribution in [0.3, 0.4) is 0 Å². The van der Waals surface area contributed by atoms with Crippen molar-refractivity contribution < 1.29 is 14.3 Å². The highest BCUT2D eigenvalue weighted by Crippen LogP contribution is 2.46. The van der Waals surface area contributed by atoms with Crippen molar-refractivity contribution in [3.05, 3.63) is 28.7 Å². The zero-order chi connectivity index (χ0) is 16.8. The Bertz CT molecular complexity index is 598. The lowest BCUT2D eigenvalue weighted by molar-refractivity contribution is -0.116. The minimum Gasteiger partial charge on any atom is -0.486 e. The maximum Gasteiger partial charge on any atom is 0.225 e. The van der Waals surface area contributed by atoms with Crippen molar-refractivity contribution in [1.82, 2.24) is 0 Å². The lowest BCUT2D eigenvalue weighted by Gasteiger charge is -2.29. The summed E-state index contributed by atoms with van der Waals surface area (Å²) in [5.74, 6) is 2.65. The maximum absolute atomic E-state index is 12.0. The fourth-order valence-corrected chi connectivity index (χ4v) is 3.71. The number of benzene rings is 1. The number of fused-ring (bicyclic) bond motifs is 2. The second kappa shape index (κ2) is 8.29. The van der Waals surface area contributed by atoms with Crippen LogP contribution in [-0.2, 0) is 4.79 Å². The molecule has 23 heavy (non-hydrogen) atoms. The van der Waals surface area contributed by atoms with Gasteiger partial charge >= 0.3 is 0 Å². The number of amides is 1. The van der Waals surface area contributed by atoms with Crippen LogP contribution in [0.2, 0.25) is 0 Å². The van der Waals surface area contributed by atoms with E-state index in [0.29, 0.717) is 25.4 Å². The van der Waals surface area contributed by atoms with Crippen molar-refractivity contribution in [3.8, 4) is 11.5 Å². The van der Waals surface area contributed by atoms with Gasteiger partial charge in [-0.2, -0.15) is 0 Å². The van der Waals surface area contributed by atoms with Crippen molar-refractivity contribution in [2.24, 2.45) is 0 Å². The Labute approximate surface area is 142 Å². The van der Waals surface area contributed by atoms with Crippen molar-refractivity contribution >= 4 is 23.4 Å². The quantitative estimate of drug-likeness (QED) is 0.879. The lowest BCUT2D eigenvalue weighted by Crippen LogP contribution is -2.24. The van der Waals surface area contributed by atoms with Crippen LogP contribution >= 0.6 is 11.8 Å². The fourth-order valence-electron chi connectivity index (χ4n) is 2.80. The molecule has 1 amide bonds. The molecule has 1 aromatic rings. The second-order valence-corrected chi connectivity index (χ2v) is 6.35. The number of rotatable bonds is 3. The van der Waals surface area contributed by atoms with Gasteiger partial charge in [0.25, 0.3) is 0 Å². The van der Waals surface area contributed by atoms with E-state index in [1.807, 2.05) is 32.9 Å². The summed E-state index contributed by atoms with van der Waals surface area (Å²) in [7, 11) is 0. The summed E-state index contributed by atoms with van der Waals surface area (Å²) in [5, 5.41) is 2.95. The Balaban J connectivity index is 0.000000924. The minimum absolute atomic E-state index is 0.0558. The molecule has 126 valence electrons.